The number of benzene rings is 1. The Morgan fingerprint density at radius 1 is 1.29 bits per heavy atom. The first-order chi connectivity index (χ1) is 10.1. The van der Waals surface area contributed by atoms with Crippen LogP contribution in [0.4, 0.5) is 0 Å². The molecule has 1 aromatic carbocycles. The summed E-state index contributed by atoms with van der Waals surface area (Å²) in [5, 5.41) is 3.47. The predicted octanol–water partition coefficient (Wildman–Crippen LogP) is 3.29. The molecule has 0 heterocycles. The fraction of sp³-hybridized carbons (Fsp3) is 0.625. The first-order valence-electron chi connectivity index (χ1n) is 7.43. The molecule has 0 amide bonds. The van der Waals surface area contributed by atoms with E-state index in [0.29, 0.717) is 6.61 Å². The van der Waals surface area contributed by atoms with Gasteiger partial charge in [-0.3, -0.25) is 0 Å². The van der Waals surface area contributed by atoms with E-state index in [0.717, 1.165) is 54.0 Å². The molecular weight excluding hydrogens is 332 g/mol. The number of nitrogens with zero attached hydrogens (tertiary/aromatic N) is 1. The zero-order chi connectivity index (χ0) is 15.7. The summed E-state index contributed by atoms with van der Waals surface area (Å²) >= 11 is 3.61. The standard InChI is InChI=1S/C16H27BrN2O2/c1-5-11-21-16-13(12-18-9-6-10-19(2)3)14(17)7-8-15(16)20-4/h7-8,18H,5-6,9-12H2,1-4H3. The normalized spacial score (nSPS) is 11.0. The molecule has 0 bridgehead atoms. The van der Waals surface area contributed by atoms with Crippen LogP contribution in [0, 0.1) is 0 Å². The summed E-state index contributed by atoms with van der Waals surface area (Å²) in [5.74, 6) is 1.63. The fourth-order valence-electron chi connectivity index (χ4n) is 2.00. The van der Waals surface area contributed by atoms with Crippen molar-refractivity contribution in [1.29, 1.82) is 0 Å². The van der Waals surface area contributed by atoms with Gasteiger partial charge in [-0.2, -0.15) is 0 Å². The van der Waals surface area contributed by atoms with Crippen LogP contribution in [0.5, 0.6) is 11.5 Å². The fourth-order valence-corrected chi connectivity index (χ4v) is 2.46. The Kier molecular flexibility index (Phi) is 8.73. The lowest BCUT2D eigenvalue weighted by molar-refractivity contribution is 0.290. The van der Waals surface area contributed by atoms with Crippen molar-refractivity contribution in [3.8, 4) is 11.5 Å². The second-order valence-electron chi connectivity index (χ2n) is 5.24. The number of ether oxygens (including phenoxy) is 2. The molecule has 120 valence electrons. The van der Waals surface area contributed by atoms with Crippen LogP contribution >= 0.6 is 15.9 Å². The molecule has 21 heavy (non-hydrogen) atoms. The Balaban J connectivity index is 2.69. The minimum Gasteiger partial charge on any atom is -0.493 e. The number of rotatable bonds is 10. The van der Waals surface area contributed by atoms with E-state index in [-0.39, 0.29) is 0 Å². The summed E-state index contributed by atoms with van der Waals surface area (Å²) in [6.07, 6.45) is 2.10. The van der Waals surface area contributed by atoms with Crippen LogP contribution in [0.25, 0.3) is 0 Å². The maximum Gasteiger partial charge on any atom is 0.166 e. The summed E-state index contributed by atoms with van der Waals surface area (Å²) < 4.78 is 12.3. The van der Waals surface area contributed by atoms with Crippen molar-refractivity contribution in [1.82, 2.24) is 10.2 Å². The van der Waals surface area contributed by atoms with Gasteiger partial charge in [-0.25, -0.2) is 0 Å². The molecule has 0 saturated carbocycles. The van der Waals surface area contributed by atoms with Gasteiger partial charge in [-0.15, -0.1) is 0 Å². The highest BCUT2D eigenvalue weighted by Gasteiger charge is 2.14. The molecule has 5 heteroatoms. The molecule has 0 saturated heterocycles. The van der Waals surface area contributed by atoms with Crippen molar-refractivity contribution in [3.05, 3.63) is 22.2 Å². The third-order valence-corrected chi connectivity index (χ3v) is 3.84. The number of halogens is 1. The summed E-state index contributed by atoms with van der Waals surface area (Å²) in [6, 6.07) is 3.94. The van der Waals surface area contributed by atoms with Gasteiger partial charge < -0.3 is 19.7 Å². The number of hydrogen-bond donors (Lipinski definition) is 1. The maximum atomic E-state index is 5.88. The van der Waals surface area contributed by atoms with Gasteiger partial charge in [0.25, 0.3) is 0 Å². The third kappa shape index (κ3) is 6.24. The summed E-state index contributed by atoms with van der Waals surface area (Å²) in [6.45, 7) is 5.63. The molecule has 4 nitrogen and oxygen atoms in total. The zero-order valence-electron chi connectivity index (χ0n) is 13.5. The molecule has 0 radical (unpaired) electrons. The molecule has 0 unspecified atom stereocenters. The first kappa shape index (κ1) is 18.3. The summed E-state index contributed by atoms with van der Waals surface area (Å²) in [7, 11) is 5.86. The SMILES string of the molecule is CCCOc1c(OC)ccc(Br)c1CNCCCN(C)C. The Labute approximate surface area is 136 Å². The lowest BCUT2D eigenvalue weighted by atomic mass is 10.1. The molecule has 0 atom stereocenters. The van der Waals surface area contributed by atoms with E-state index in [9.17, 15) is 0 Å². The van der Waals surface area contributed by atoms with Gasteiger partial charge in [0.15, 0.2) is 11.5 Å². The average Bonchev–Trinajstić information content (AvgIpc) is 2.46. The van der Waals surface area contributed by atoms with Crippen LogP contribution < -0.4 is 14.8 Å². The van der Waals surface area contributed by atoms with Gasteiger partial charge in [-0.1, -0.05) is 22.9 Å². The largest absolute Gasteiger partial charge is 0.493 e. The van der Waals surface area contributed by atoms with Gasteiger partial charge >= 0.3 is 0 Å². The van der Waals surface area contributed by atoms with E-state index in [4.69, 9.17) is 9.47 Å². The molecule has 0 fully saturated rings. The van der Waals surface area contributed by atoms with Gasteiger partial charge in [0.05, 0.1) is 13.7 Å². The van der Waals surface area contributed by atoms with Crippen molar-refractivity contribution in [2.75, 3.05) is 40.9 Å². The summed E-state index contributed by atoms with van der Waals surface area (Å²) in [5.41, 5.74) is 1.12. The molecule has 0 aliphatic carbocycles. The van der Waals surface area contributed by atoms with E-state index in [1.807, 2.05) is 12.1 Å². The predicted molar refractivity (Wildman–Crippen MR) is 91.4 cm³/mol. The minimum atomic E-state index is 0.695. The monoisotopic (exact) mass is 358 g/mol. The highest BCUT2D eigenvalue weighted by Crippen LogP contribution is 2.36. The van der Waals surface area contributed by atoms with Crippen LogP contribution in [0.15, 0.2) is 16.6 Å². The van der Waals surface area contributed by atoms with Crippen molar-refractivity contribution >= 4 is 15.9 Å². The van der Waals surface area contributed by atoms with Crippen LogP contribution in [-0.2, 0) is 6.54 Å². The minimum absolute atomic E-state index is 0.695. The van der Waals surface area contributed by atoms with Crippen molar-refractivity contribution in [2.24, 2.45) is 0 Å². The molecule has 0 aromatic heterocycles. The highest BCUT2D eigenvalue weighted by atomic mass is 79.9. The highest BCUT2D eigenvalue weighted by molar-refractivity contribution is 9.10. The number of methoxy groups -OCH3 is 1. The third-order valence-electron chi connectivity index (χ3n) is 3.10. The Bertz CT molecular complexity index is 425. The van der Waals surface area contributed by atoms with Crippen LogP contribution in [0.1, 0.15) is 25.3 Å². The Morgan fingerprint density at radius 2 is 2.05 bits per heavy atom. The Hall–Kier alpha value is -0.780. The smallest absolute Gasteiger partial charge is 0.166 e. The Morgan fingerprint density at radius 3 is 2.67 bits per heavy atom. The van der Waals surface area contributed by atoms with Gasteiger partial charge in [0, 0.05) is 16.6 Å². The quantitative estimate of drug-likeness (QED) is 0.650. The van der Waals surface area contributed by atoms with Crippen LogP contribution in [-0.4, -0.2) is 45.8 Å². The topological polar surface area (TPSA) is 33.7 Å². The first-order valence-corrected chi connectivity index (χ1v) is 8.23. The van der Waals surface area contributed by atoms with E-state index in [1.54, 1.807) is 7.11 Å². The molecule has 1 rings (SSSR count). The molecular formula is C16H27BrN2O2. The van der Waals surface area contributed by atoms with E-state index in [1.165, 1.54) is 0 Å². The van der Waals surface area contributed by atoms with Crippen molar-refractivity contribution in [2.45, 2.75) is 26.3 Å². The lowest BCUT2D eigenvalue weighted by Gasteiger charge is -2.17. The average molecular weight is 359 g/mol. The van der Waals surface area contributed by atoms with E-state index >= 15 is 0 Å². The molecule has 1 N–H and O–H groups in total. The molecule has 0 spiro atoms. The second kappa shape index (κ2) is 10.0. The number of hydrogen-bond acceptors (Lipinski definition) is 4. The van der Waals surface area contributed by atoms with Crippen LogP contribution in [0.2, 0.25) is 0 Å². The van der Waals surface area contributed by atoms with Gasteiger partial charge in [-0.05, 0) is 52.2 Å². The van der Waals surface area contributed by atoms with Crippen LogP contribution in [0.3, 0.4) is 0 Å². The zero-order valence-corrected chi connectivity index (χ0v) is 15.1. The summed E-state index contributed by atoms with van der Waals surface area (Å²) in [4.78, 5) is 2.19. The van der Waals surface area contributed by atoms with Crippen molar-refractivity contribution in [3.63, 3.8) is 0 Å². The maximum absolute atomic E-state index is 5.88. The molecule has 0 aliphatic rings. The van der Waals surface area contributed by atoms with Crippen molar-refractivity contribution < 1.29 is 9.47 Å². The van der Waals surface area contributed by atoms with E-state index < -0.39 is 0 Å². The van der Waals surface area contributed by atoms with E-state index in [2.05, 4.69) is 47.2 Å². The van der Waals surface area contributed by atoms with Gasteiger partial charge in [0.1, 0.15) is 0 Å². The number of nitrogens with one attached hydrogen (secondary N) is 1. The molecule has 0 aliphatic heterocycles. The lowest BCUT2D eigenvalue weighted by Crippen LogP contribution is -2.21. The molecule has 1 aromatic rings. The van der Waals surface area contributed by atoms with Gasteiger partial charge in [0.2, 0.25) is 0 Å². The second-order valence-corrected chi connectivity index (χ2v) is 6.09.